The summed E-state index contributed by atoms with van der Waals surface area (Å²) in [4.78, 5) is 35.0. The molecule has 9 heteroatoms. The number of fused-ring (bicyclic) bond motifs is 1. The minimum Gasteiger partial charge on any atom is -0.376 e. The van der Waals surface area contributed by atoms with E-state index in [9.17, 15) is 9.59 Å². The van der Waals surface area contributed by atoms with Crippen LogP contribution in [0.2, 0.25) is 0 Å². The summed E-state index contributed by atoms with van der Waals surface area (Å²) >= 11 is 0. The Labute approximate surface area is 197 Å². The van der Waals surface area contributed by atoms with Gasteiger partial charge in [-0.05, 0) is 51.2 Å². The molecule has 9 nitrogen and oxygen atoms in total. The molecule has 2 atom stereocenters. The molecule has 4 heterocycles. The molecule has 1 saturated carbocycles. The molecule has 1 aromatic carbocycles. The van der Waals surface area contributed by atoms with Gasteiger partial charge in [-0.25, -0.2) is 0 Å². The van der Waals surface area contributed by atoms with Gasteiger partial charge in [-0.3, -0.25) is 19.7 Å². The predicted molar refractivity (Wildman–Crippen MR) is 128 cm³/mol. The Balaban J connectivity index is 1.30. The maximum Gasteiger partial charge on any atom is 0.263 e. The number of ketones is 1. The topological polar surface area (TPSA) is 130 Å². The first kappa shape index (κ1) is 21.5. The lowest BCUT2D eigenvalue weighted by Crippen LogP contribution is -2.51. The van der Waals surface area contributed by atoms with Crippen LogP contribution in [-0.4, -0.2) is 57.8 Å². The molecule has 0 unspecified atom stereocenters. The van der Waals surface area contributed by atoms with E-state index in [4.69, 9.17) is 15.5 Å². The number of rotatable bonds is 4. The van der Waals surface area contributed by atoms with E-state index in [2.05, 4.69) is 20.1 Å². The van der Waals surface area contributed by atoms with Gasteiger partial charge >= 0.3 is 0 Å². The highest BCUT2D eigenvalue weighted by Gasteiger charge is 2.50. The lowest BCUT2D eigenvalue weighted by Gasteiger charge is -2.41. The molecule has 3 aromatic rings. The number of nitrogens with zero attached hydrogens (tertiary/aromatic N) is 3. The molecule has 3 aliphatic rings. The van der Waals surface area contributed by atoms with Crippen LogP contribution < -0.4 is 16.2 Å². The van der Waals surface area contributed by atoms with E-state index in [0.717, 1.165) is 50.0 Å². The highest BCUT2D eigenvalue weighted by atomic mass is 16.5. The number of nitrogens with two attached hydrogens (primary N) is 1. The van der Waals surface area contributed by atoms with Crippen LogP contribution in [-0.2, 0) is 10.2 Å². The van der Waals surface area contributed by atoms with E-state index >= 15 is 0 Å². The van der Waals surface area contributed by atoms with Crippen molar-refractivity contribution in [1.82, 2.24) is 20.2 Å². The molecule has 3 fully saturated rings. The Morgan fingerprint density at radius 3 is 2.65 bits per heavy atom. The smallest absolute Gasteiger partial charge is 0.263 e. The van der Waals surface area contributed by atoms with Gasteiger partial charge in [0.2, 0.25) is 5.95 Å². The molecule has 6 rings (SSSR count). The van der Waals surface area contributed by atoms with Gasteiger partial charge in [-0.15, -0.1) is 0 Å². The summed E-state index contributed by atoms with van der Waals surface area (Å²) in [6, 6.07) is 7.70. The molecular formula is C25H30N6O3. The van der Waals surface area contributed by atoms with Gasteiger partial charge in [-0.2, -0.15) is 10.1 Å². The third kappa shape index (κ3) is 3.14. The molecule has 2 aromatic heterocycles. The van der Waals surface area contributed by atoms with E-state index in [0.29, 0.717) is 29.2 Å². The van der Waals surface area contributed by atoms with Crippen molar-refractivity contribution in [1.29, 1.82) is 0 Å². The average Bonchev–Trinajstić information content (AvgIpc) is 3.47. The molecule has 0 amide bonds. The average molecular weight is 463 g/mol. The largest absolute Gasteiger partial charge is 0.376 e. The van der Waals surface area contributed by atoms with Crippen molar-refractivity contribution >= 4 is 22.8 Å². The Kier molecular flexibility index (Phi) is 4.73. The number of ether oxygens (including phenoxy) is 1. The zero-order valence-corrected chi connectivity index (χ0v) is 19.6. The number of hydrogen-bond acceptors (Lipinski definition) is 7. The highest BCUT2D eigenvalue weighted by molar-refractivity contribution is 5.94. The first-order valence-corrected chi connectivity index (χ1v) is 12.1. The van der Waals surface area contributed by atoms with Crippen molar-refractivity contribution in [2.24, 2.45) is 11.1 Å². The Hall–Kier alpha value is -3.04. The molecular weight excluding hydrogens is 432 g/mol. The van der Waals surface area contributed by atoms with E-state index in [1.807, 2.05) is 31.2 Å². The SMILES string of the molecule is CC(=O)c1cccc(C2(c3[nH]nc4nc(N5CCC6(CC5)CO[C@H](C)[C@@H]6N)[nH]c(=O)c34)CC2)c1. The molecule has 34 heavy (non-hydrogen) atoms. The second-order valence-corrected chi connectivity index (χ2v) is 10.3. The van der Waals surface area contributed by atoms with Crippen LogP contribution >= 0.6 is 0 Å². The number of nitrogens with one attached hydrogen (secondary N) is 2. The molecule has 0 bridgehead atoms. The van der Waals surface area contributed by atoms with Crippen molar-refractivity contribution in [3.63, 3.8) is 0 Å². The van der Waals surface area contributed by atoms with Crippen LogP contribution in [0.3, 0.4) is 0 Å². The van der Waals surface area contributed by atoms with E-state index in [1.54, 1.807) is 6.92 Å². The fourth-order valence-corrected chi connectivity index (χ4v) is 5.90. The number of Topliss-reactive ketones (excluding diaryl/α,β-unsaturated/α-hetero) is 1. The van der Waals surface area contributed by atoms with Crippen molar-refractivity contribution in [3.8, 4) is 0 Å². The highest BCUT2D eigenvalue weighted by Crippen LogP contribution is 2.54. The van der Waals surface area contributed by atoms with Gasteiger partial charge in [0.25, 0.3) is 5.56 Å². The first-order valence-electron chi connectivity index (χ1n) is 12.1. The van der Waals surface area contributed by atoms with E-state index < -0.39 is 0 Å². The first-order chi connectivity index (χ1) is 16.3. The van der Waals surface area contributed by atoms with E-state index in [-0.39, 0.29) is 34.3 Å². The summed E-state index contributed by atoms with van der Waals surface area (Å²) in [6.07, 6.45) is 3.67. The lowest BCUT2D eigenvalue weighted by molar-refractivity contribution is 0.0973. The standard InChI is InChI=1S/C25H30N6O3/c1-14(32)16-4-3-5-17(12-16)25(6-7-25)20-18-21(30-29-20)27-23(28-22(18)33)31-10-8-24(9-11-31)13-34-15(2)19(24)26/h3-5,12,15,19H,6-11,13,26H2,1-2H3,(H2,27,28,29,30,33)/t15-,19+/m1/s1. The van der Waals surface area contributed by atoms with Crippen molar-refractivity contribution in [3.05, 3.63) is 51.4 Å². The van der Waals surface area contributed by atoms with Gasteiger partial charge < -0.3 is 15.4 Å². The fraction of sp³-hybridized carbons (Fsp3) is 0.520. The molecule has 2 saturated heterocycles. The maximum absolute atomic E-state index is 13.3. The van der Waals surface area contributed by atoms with E-state index in [1.165, 1.54) is 0 Å². The summed E-state index contributed by atoms with van der Waals surface area (Å²) in [5.74, 6) is 0.577. The number of carbonyl (C=O) groups excluding carboxylic acids is 1. The third-order valence-corrected chi connectivity index (χ3v) is 8.37. The van der Waals surface area contributed by atoms with Gasteiger partial charge in [0.15, 0.2) is 11.4 Å². The van der Waals surface area contributed by atoms with Crippen LogP contribution in [0.4, 0.5) is 5.95 Å². The molecule has 2 aliphatic heterocycles. The Morgan fingerprint density at radius 1 is 1.24 bits per heavy atom. The number of hydrogen-bond donors (Lipinski definition) is 3. The predicted octanol–water partition coefficient (Wildman–Crippen LogP) is 2.26. The second kappa shape index (κ2) is 7.48. The number of benzene rings is 1. The normalized spacial score (nSPS) is 25.2. The van der Waals surface area contributed by atoms with Gasteiger partial charge in [0.1, 0.15) is 5.39 Å². The maximum atomic E-state index is 13.3. The van der Waals surface area contributed by atoms with Crippen LogP contribution in [0.15, 0.2) is 29.1 Å². The zero-order valence-electron chi connectivity index (χ0n) is 19.6. The molecule has 178 valence electrons. The van der Waals surface area contributed by atoms with Crippen LogP contribution in [0, 0.1) is 5.41 Å². The number of aromatic nitrogens is 4. The van der Waals surface area contributed by atoms with Crippen molar-refractivity contribution in [2.45, 2.75) is 57.1 Å². The summed E-state index contributed by atoms with van der Waals surface area (Å²) < 4.78 is 5.82. The Morgan fingerprint density at radius 2 is 2.00 bits per heavy atom. The molecule has 4 N–H and O–H groups in total. The molecule has 1 aliphatic carbocycles. The number of anilines is 1. The van der Waals surface area contributed by atoms with Gasteiger partial charge in [0, 0.05) is 35.5 Å². The zero-order chi connectivity index (χ0) is 23.7. The third-order valence-electron chi connectivity index (χ3n) is 8.37. The summed E-state index contributed by atoms with van der Waals surface area (Å²) in [6.45, 7) is 5.82. The van der Waals surface area contributed by atoms with Gasteiger partial charge in [-0.1, -0.05) is 18.2 Å². The number of H-pyrrole nitrogens is 2. The minimum absolute atomic E-state index is 0.00653. The van der Waals surface area contributed by atoms with Crippen LogP contribution in [0.5, 0.6) is 0 Å². The summed E-state index contributed by atoms with van der Waals surface area (Å²) in [5, 5.41) is 8.05. The Bertz CT molecular complexity index is 1330. The quantitative estimate of drug-likeness (QED) is 0.507. The number of carbonyl (C=O) groups is 1. The molecule has 1 spiro atoms. The number of piperidine rings is 1. The lowest BCUT2D eigenvalue weighted by atomic mass is 9.73. The summed E-state index contributed by atoms with van der Waals surface area (Å²) in [5.41, 5.74) is 8.84. The van der Waals surface area contributed by atoms with Crippen LogP contribution in [0.1, 0.15) is 61.1 Å². The monoisotopic (exact) mass is 462 g/mol. The van der Waals surface area contributed by atoms with Crippen molar-refractivity contribution < 1.29 is 9.53 Å². The summed E-state index contributed by atoms with van der Waals surface area (Å²) in [7, 11) is 0. The van der Waals surface area contributed by atoms with Crippen molar-refractivity contribution in [2.75, 3.05) is 24.6 Å². The van der Waals surface area contributed by atoms with Gasteiger partial charge in [0.05, 0.1) is 18.4 Å². The minimum atomic E-state index is -0.330. The fourth-order valence-electron chi connectivity index (χ4n) is 5.90. The molecule has 0 radical (unpaired) electrons. The van der Waals surface area contributed by atoms with Crippen LogP contribution in [0.25, 0.3) is 11.0 Å². The number of aromatic amines is 2. The second-order valence-electron chi connectivity index (χ2n) is 10.3.